The highest BCUT2D eigenvalue weighted by molar-refractivity contribution is 6.06. The van der Waals surface area contributed by atoms with Gasteiger partial charge in [0.05, 0.1) is 6.20 Å². The summed E-state index contributed by atoms with van der Waals surface area (Å²) in [5.41, 5.74) is 1.35. The molecule has 1 aromatic carbocycles. The van der Waals surface area contributed by atoms with Crippen molar-refractivity contribution >= 4 is 11.9 Å². The largest absolute Gasteiger partial charge is 0.508 e. The maximum atomic E-state index is 11.8. The van der Waals surface area contributed by atoms with E-state index in [1.165, 1.54) is 18.2 Å². The first-order valence-corrected chi connectivity index (χ1v) is 5.73. The van der Waals surface area contributed by atoms with Gasteiger partial charge in [-0.3, -0.25) is 9.48 Å². The zero-order valence-electron chi connectivity index (χ0n) is 10.1. The van der Waals surface area contributed by atoms with Gasteiger partial charge in [0.25, 0.3) is 0 Å². The number of hydrogen-bond donors (Lipinski definition) is 1. The number of phenols is 1. The number of nitrogens with zero attached hydrogens (tertiary/aromatic N) is 2. The van der Waals surface area contributed by atoms with E-state index in [4.69, 9.17) is 0 Å². The van der Waals surface area contributed by atoms with Gasteiger partial charge >= 0.3 is 0 Å². The van der Waals surface area contributed by atoms with Crippen molar-refractivity contribution in [3.63, 3.8) is 0 Å². The predicted octanol–water partition coefficient (Wildman–Crippen LogP) is 2.50. The molecule has 1 N–H and O–H groups in total. The summed E-state index contributed by atoms with van der Waals surface area (Å²) >= 11 is 0. The highest BCUT2D eigenvalue weighted by atomic mass is 16.3. The van der Waals surface area contributed by atoms with E-state index in [0.717, 1.165) is 12.1 Å². The van der Waals surface area contributed by atoms with Crippen molar-refractivity contribution in [2.45, 2.75) is 13.5 Å². The van der Waals surface area contributed by atoms with E-state index in [9.17, 15) is 9.90 Å². The summed E-state index contributed by atoms with van der Waals surface area (Å²) in [6.45, 7) is 2.80. The summed E-state index contributed by atoms with van der Waals surface area (Å²) < 4.78 is 1.79. The highest BCUT2D eigenvalue weighted by Gasteiger charge is 2.02. The summed E-state index contributed by atoms with van der Waals surface area (Å²) in [6, 6.07) is 6.29. The molecule has 0 saturated carbocycles. The number of phenolic OH excluding ortho intramolecular Hbond substituents is 1. The van der Waals surface area contributed by atoms with Crippen LogP contribution in [0, 0.1) is 0 Å². The average molecular weight is 242 g/mol. The van der Waals surface area contributed by atoms with Gasteiger partial charge in [0.1, 0.15) is 5.75 Å². The summed E-state index contributed by atoms with van der Waals surface area (Å²) in [4.78, 5) is 11.8. The van der Waals surface area contributed by atoms with Crippen molar-refractivity contribution in [2.24, 2.45) is 0 Å². The van der Waals surface area contributed by atoms with E-state index in [-0.39, 0.29) is 11.5 Å². The highest BCUT2D eigenvalue weighted by Crippen LogP contribution is 2.12. The fourth-order valence-electron chi connectivity index (χ4n) is 1.57. The van der Waals surface area contributed by atoms with Crippen LogP contribution in [0.15, 0.2) is 42.7 Å². The summed E-state index contributed by atoms with van der Waals surface area (Å²) in [5.74, 6) is -0.0526. The van der Waals surface area contributed by atoms with E-state index in [2.05, 4.69) is 5.10 Å². The summed E-state index contributed by atoms with van der Waals surface area (Å²) in [5, 5.41) is 13.4. The lowest BCUT2D eigenvalue weighted by Crippen LogP contribution is -1.93. The number of allylic oxidation sites excluding steroid dienone is 1. The van der Waals surface area contributed by atoms with Crippen LogP contribution in [0.25, 0.3) is 6.08 Å². The quantitative estimate of drug-likeness (QED) is 0.662. The first-order valence-electron chi connectivity index (χ1n) is 5.73. The minimum atomic E-state index is -0.143. The molecule has 2 aromatic rings. The van der Waals surface area contributed by atoms with Gasteiger partial charge in [-0.05, 0) is 31.2 Å². The molecule has 0 aliphatic rings. The van der Waals surface area contributed by atoms with E-state index in [1.54, 1.807) is 29.1 Å². The van der Waals surface area contributed by atoms with Crippen molar-refractivity contribution in [3.05, 3.63) is 53.9 Å². The van der Waals surface area contributed by atoms with Crippen molar-refractivity contribution in [3.8, 4) is 5.75 Å². The normalized spacial score (nSPS) is 10.9. The van der Waals surface area contributed by atoms with Gasteiger partial charge in [-0.25, -0.2) is 0 Å². The Balaban J connectivity index is 2.11. The topological polar surface area (TPSA) is 55.1 Å². The van der Waals surface area contributed by atoms with Crippen LogP contribution in [-0.4, -0.2) is 20.7 Å². The molecular weight excluding hydrogens is 228 g/mol. The number of ketones is 1. The van der Waals surface area contributed by atoms with Crippen LogP contribution in [-0.2, 0) is 6.54 Å². The van der Waals surface area contributed by atoms with Crippen molar-refractivity contribution in [1.29, 1.82) is 0 Å². The summed E-state index contributed by atoms with van der Waals surface area (Å²) in [6.07, 6.45) is 6.76. The maximum absolute atomic E-state index is 11.8. The Labute approximate surface area is 105 Å². The van der Waals surface area contributed by atoms with Gasteiger partial charge in [-0.2, -0.15) is 5.10 Å². The smallest absolute Gasteiger partial charge is 0.185 e. The van der Waals surface area contributed by atoms with Crippen LogP contribution in [0.5, 0.6) is 5.75 Å². The third-order valence-electron chi connectivity index (χ3n) is 2.54. The molecule has 0 spiro atoms. The predicted molar refractivity (Wildman–Crippen MR) is 69.4 cm³/mol. The van der Waals surface area contributed by atoms with Gasteiger partial charge in [-0.15, -0.1) is 0 Å². The second-order valence-electron chi connectivity index (χ2n) is 3.88. The molecule has 0 atom stereocenters. The molecule has 0 saturated heterocycles. The number of hydrogen-bond acceptors (Lipinski definition) is 3. The molecule has 0 aliphatic carbocycles. The molecule has 1 aromatic heterocycles. The SMILES string of the molecule is CCn1cc(C=CC(=O)c2cccc(O)c2)cn1. The molecule has 0 amide bonds. The molecule has 0 bridgehead atoms. The second-order valence-corrected chi connectivity index (χ2v) is 3.88. The number of aryl methyl sites for hydroxylation is 1. The molecule has 4 nitrogen and oxygen atoms in total. The molecule has 2 rings (SSSR count). The number of aromatic hydroxyl groups is 1. The molecule has 1 heterocycles. The van der Waals surface area contributed by atoms with Crippen LogP contribution in [0.2, 0.25) is 0 Å². The second kappa shape index (κ2) is 5.31. The van der Waals surface area contributed by atoms with Crippen molar-refractivity contribution < 1.29 is 9.90 Å². The number of carbonyl (C=O) groups is 1. The van der Waals surface area contributed by atoms with Crippen molar-refractivity contribution in [2.75, 3.05) is 0 Å². The Kier molecular flexibility index (Phi) is 3.57. The lowest BCUT2D eigenvalue weighted by atomic mass is 10.1. The number of carbonyl (C=O) groups excluding carboxylic acids is 1. The Morgan fingerprint density at radius 3 is 3.00 bits per heavy atom. The fraction of sp³-hybridized carbons (Fsp3) is 0.143. The lowest BCUT2D eigenvalue weighted by molar-refractivity contribution is 0.104. The number of rotatable bonds is 4. The Hall–Kier alpha value is -2.36. The van der Waals surface area contributed by atoms with Gasteiger partial charge in [0.15, 0.2) is 5.78 Å². The zero-order valence-corrected chi connectivity index (χ0v) is 10.1. The fourth-order valence-corrected chi connectivity index (χ4v) is 1.57. The first kappa shape index (κ1) is 12.1. The van der Waals surface area contributed by atoms with Gasteiger partial charge in [0, 0.05) is 23.9 Å². The Morgan fingerprint density at radius 2 is 2.33 bits per heavy atom. The molecule has 0 fully saturated rings. The standard InChI is InChI=1S/C14H14N2O2/c1-2-16-10-11(9-15-16)6-7-14(18)12-4-3-5-13(17)8-12/h3-10,17H,2H2,1H3. The Morgan fingerprint density at radius 1 is 1.50 bits per heavy atom. The van der Waals surface area contributed by atoms with Crippen LogP contribution >= 0.6 is 0 Å². The van der Waals surface area contributed by atoms with E-state index in [0.29, 0.717) is 5.56 Å². The van der Waals surface area contributed by atoms with Crippen LogP contribution < -0.4 is 0 Å². The molecule has 0 unspecified atom stereocenters. The van der Waals surface area contributed by atoms with Gasteiger partial charge in [0.2, 0.25) is 0 Å². The average Bonchev–Trinajstić information content (AvgIpc) is 2.84. The number of aromatic nitrogens is 2. The minimum absolute atomic E-state index is 0.0908. The Bertz CT molecular complexity index is 585. The molecular formula is C14H14N2O2. The molecule has 4 heteroatoms. The molecule has 0 radical (unpaired) electrons. The molecule has 92 valence electrons. The van der Waals surface area contributed by atoms with E-state index in [1.807, 2.05) is 13.1 Å². The third-order valence-corrected chi connectivity index (χ3v) is 2.54. The monoisotopic (exact) mass is 242 g/mol. The molecule has 0 aliphatic heterocycles. The van der Waals surface area contributed by atoms with E-state index >= 15 is 0 Å². The summed E-state index contributed by atoms with van der Waals surface area (Å²) in [7, 11) is 0. The first-order chi connectivity index (χ1) is 8.69. The zero-order chi connectivity index (χ0) is 13.0. The van der Waals surface area contributed by atoms with E-state index < -0.39 is 0 Å². The minimum Gasteiger partial charge on any atom is -0.508 e. The van der Waals surface area contributed by atoms with Crippen LogP contribution in [0.4, 0.5) is 0 Å². The van der Waals surface area contributed by atoms with Crippen LogP contribution in [0.1, 0.15) is 22.8 Å². The number of benzene rings is 1. The van der Waals surface area contributed by atoms with Crippen LogP contribution in [0.3, 0.4) is 0 Å². The third kappa shape index (κ3) is 2.85. The lowest BCUT2D eigenvalue weighted by Gasteiger charge is -1.96. The van der Waals surface area contributed by atoms with Crippen molar-refractivity contribution in [1.82, 2.24) is 9.78 Å². The maximum Gasteiger partial charge on any atom is 0.185 e. The molecule has 18 heavy (non-hydrogen) atoms. The van der Waals surface area contributed by atoms with Gasteiger partial charge in [-0.1, -0.05) is 12.1 Å². The van der Waals surface area contributed by atoms with Gasteiger partial charge < -0.3 is 5.11 Å².